The number of alkyl carbamates (subject to hydrolysis) is 1. The van der Waals surface area contributed by atoms with Gasteiger partial charge in [-0.25, -0.2) is 4.79 Å². The Kier molecular flexibility index (Phi) is 5.70. The summed E-state index contributed by atoms with van der Waals surface area (Å²) in [6, 6.07) is 7.70. The number of primary amides is 1. The predicted molar refractivity (Wildman–Crippen MR) is 94.0 cm³/mol. The van der Waals surface area contributed by atoms with Crippen LogP contribution in [-0.2, 0) is 4.74 Å². The van der Waals surface area contributed by atoms with Crippen molar-refractivity contribution in [3.8, 4) is 0 Å². The number of carbonyl (C=O) groups is 2. The predicted octanol–water partition coefficient (Wildman–Crippen LogP) is 3.03. The zero-order chi connectivity index (χ0) is 17.7. The van der Waals surface area contributed by atoms with Gasteiger partial charge in [0.1, 0.15) is 5.60 Å². The quantitative estimate of drug-likeness (QED) is 0.789. The Bertz CT molecular complexity index is 570. The highest BCUT2D eigenvalue weighted by atomic mass is 16.6. The molecule has 2 rings (SSSR count). The van der Waals surface area contributed by atoms with Crippen LogP contribution in [0.5, 0.6) is 0 Å². The van der Waals surface area contributed by atoms with Crippen molar-refractivity contribution in [2.75, 3.05) is 5.32 Å². The molecule has 1 saturated carbocycles. The van der Waals surface area contributed by atoms with Crippen LogP contribution in [-0.4, -0.2) is 29.7 Å². The fourth-order valence-electron chi connectivity index (χ4n) is 2.82. The van der Waals surface area contributed by atoms with Crippen LogP contribution in [0.2, 0.25) is 0 Å². The first-order valence-corrected chi connectivity index (χ1v) is 8.39. The number of ether oxygens (including phenoxy) is 1. The molecule has 6 nitrogen and oxygen atoms in total. The van der Waals surface area contributed by atoms with E-state index in [4.69, 9.17) is 10.5 Å². The number of rotatable bonds is 4. The van der Waals surface area contributed by atoms with Gasteiger partial charge in [0, 0.05) is 23.3 Å². The Hall–Kier alpha value is -2.24. The maximum atomic E-state index is 11.8. The van der Waals surface area contributed by atoms with Crippen molar-refractivity contribution in [2.45, 2.75) is 64.1 Å². The summed E-state index contributed by atoms with van der Waals surface area (Å²) in [5, 5.41) is 6.40. The molecule has 0 aliphatic heterocycles. The molecule has 1 aromatic carbocycles. The van der Waals surface area contributed by atoms with Crippen molar-refractivity contribution in [1.29, 1.82) is 0 Å². The fourth-order valence-corrected chi connectivity index (χ4v) is 2.82. The number of nitrogens with two attached hydrogens (primary N) is 1. The number of hydrogen-bond donors (Lipinski definition) is 3. The van der Waals surface area contributed by atoms with Crippen LogP contribution in [0.3, 0.4) is 0 Å². The first-order chi connectivity index (χ1) is 11.2. The highest BCUT2D eigenvalue weighted by molar-refractivity contribution is 5.93. The average Bonchev–Trinajstić information content (AvgIpc) is 2.48. The van der Waals surface area contributed by atoms with E-state index in [0.29, 0.717) is 11.6 Å². The van der Waals surface area contributed by atoms with Crippen molar-refractivity contribution >= 4 is 17.7 Å². The van der Waals surface area contributed by atoms with Gasteiger partial charge in [0.05, 0.1) is 0 Å². The first kappa shape index (κ1) is 18.1. The Morgan fingerprint density at radius 2 is 1.58 bits per heavy atom. The molecule has 0 unspecified atom stereocenters. The standard InChI is InChI=1S/C18H27N3O3/c1-18(2,3)24-17(23)21-15-10-8-14(9-11-15)20-13-6-4-12(5-7-13)16(19)22/h4-7,14-15,20H,8-11H2,1-3H3,(H2,19,22)(H,21,23). The van der Waals surface area contributed by atoms with Gasteiger partial charge in [-0.2, -0.15) is 0 Å². The van der Waals surface area contributed by atoms with E-state index >= 15 is 0 Å². The van der Waals surface area contributed by atoms with Gasteiger partial charge in [0.15, 0.2) is 0 Å². The van der Waals surface area contributed by atoms with E-state index < -0.39 is 11.5 Å². The Morgan fingerprint density at radius 1 is 1.04 bits per heavy atom. The molecule has 0 atom stereocenters. The van der Waals surface area contributed by atoms with Gasteiger partial charge in [-0.3, -0.25) is 4.79 Å². The zero-order valence-corrected chi connectivity index (χ0v) is 14.6. The molecule has 24 heavy (non-hydrogen) atoms. The average molecular weight is 333 g/mol. The summed E-state index contributed by atoms with van der Waals surface area (Å²) in [6.45, 7) is 5.57. The Labute approximate surface area is 143 Å². The second-order valence-corrected chi connectivity index (χ2v) is 7.28. The second kappa shape index (κ2) is 7.55. The van der Waals surface area contributed by atoms with Crippen LogP contribution in [0.4, 0.5) is 10.5 Å². The number of anilines is 1. The second-order valence-electron chi connectivity index (χ2n) is 7.28. The van der Waals surface area contributed by atoms with Crippen LogP contribution >= 0.6 is 0 Å². The molecule has 4 N–H and O–H groups in total. The van der Waals surface area contributed by atoms with Crippen LogP contribution in [0, 0.1) is 0 Å². The van der Waals surface area contributed by atoms with E-state index in [2.05, 4.69) is 10.6 Å². The van der Waals surface area contributed by atoms with Crippen LogP contribution in [0.25, 0.3) is 0 Å². The SMILES string of the molecule is CC(C)(C)OC(=O)NC1CCC(Nc2ccc(C(N)=O)cc2)CC1. The van der Waals surface area contributed by atoms with Gasteiger partial charge in [-0.05, 0) is 70.7 Å². The monoisotopic (exact) mass is 333 g/mol. The maximum absolute atomic E-state index is 11.8. The first-order valence-electron chi connectivity index (χ1n) is 8.39. The van der Waals surface area contributed by atoms with Crippen molar-refractivity contribution in [3.05, 3.63) is 29.8 Å². The molecule has 0 radical (unpaired) electrons. The maximum Gasteiger partial charge on any atom is 0.407 e. The van der Waals surface area contributed by atoms with E-state index in [-0.39, 0.29) is 12.1 Å². The highest BCUT2D eigenvalue weighted by Gasteiger charge is 2.24. The third-order valence-corrected chi connectivity index (χ3v) is 3.99. The zero-order valence-electron chi connectivity index (χ0n) is 14.6. The molecule has 0 heterocycles. The molecule has 2 amide bonds. The van der Waals surface area contributed by atoms with Crippen LogP contribution in [0.15, 0.2) is 24.3 Å². The van der Waals surface area contributed by atoms with Crippen molar-refractivity contribution in [2.24, 2.45) is 5.73 Å². The van der Waals surface area contributed by atoms with E-state index in [1.54, 1.807) is 12.1 Å². The van der Waals surface area contributed by atoms with E-state index in [0.717, 1.165) is 31.4 Å². The minimum absolute atomic E-state index is 0.162. The summed E-state index contributed by atoms with van der Waals surface area (Å²) in [4.78, 5) is 22.9. The lowest BCUT2D eigenvalue weighted by molar-refractivity contribution is 0.0492. The minimum Gasteiger partial charge on any atom is -0.444 e. The third kappa shape index (κ3) is 5.76. The summed E-state index contributed by atoms with van der Waals surface area (Å²) in [7, 11) is 0. The smallest absolute Gasteiger partial charge is 0.407 e. The lowest BCUT2D eigenvalue weighted by Crippen LogP contribution is -2.42. The summed E-state index contributed by atoms with van der Waals surface area (Å²) in [6.07, 6.45) is 3.42. The normalized spacial score (nSPS) is 21.0. The topological polar surface area (TPSA) is 93.4 Å². The molecule has 0 bridgehead atoms. The largest absolute Gasteiger partial charge is 0.444 e. The van der Waals surface area contributed by atoms with Gasteiger partial charge in [0.25, 0.3) is 0 Å². The number of nitrogens with one attached hydrogen (secondary N) is 2. The number of carbonyl (C=O) groups excluding carboxylic acids is 2. The summed E-state index contributed by atoms with van der Waals surface area (Å²) in [5.41, 5.74) is 6.25. The highest BCUT2D eigenvalue weighted by Crippen LogP contribution is 2.23. The fraction of sp³-hybridized carbons (Fsp3) is 0.556. The molecule has 1 aliphatic rings. The molecule has 6 heteroatoms. The van der Waals surface area contributed by atoms with E-state index in [9.17, 15) is 9.59 Å². The molecular formula is C18H27N3O3. The lowest BCUT2D eigenvalue weighted by atomic mass is 9.91. The van der Waals surface area contributed by atoms with Gasteiger partial charge < -0.3 is 21.1 Å². The van der Waals surface area contributed by atoms with Crippen LogP contribution in [0.1, 0.15) is 56.8 Å². The van der Waals surface area contributed by atoms with E-state index in [1.807, 2.05) is 32.9 Å². The third-order valence-electron chi connectivity index (χ3n) is 3.99. The van der Waals surface area contributed by atoms with Crippen LogP contribution < -0.4 is 16.4 Å². The van der Waals surface area contributed by atoms with E-state index in [1.165, 1.54) is 0 Å². The Morgan fingerprint density at radius 3 is 2.08 bits per heavy atom. The molecule has 132 valence electrons. The molecule has 0 spiro atoms. The van der Waals surface area contributed by atoms with Crippen molar-refractivity contribution < 1.29 is 14.3 Å². The molecule has 0 saturated heterocycles. The minimum atomic E-state index is -0.472. The molecule has 1 aliphatic carbocycles. The van der Waals surface area contributed by atoms with Gasteiger partial charge in [0.2, 0.25) is 5.91 Å². The van der Waals surface area contributed by atoms with Gasteiger partial charge in [-0.15, -0.1) is 0 Å². The summed E-state index contributed by atoms with van der Waals surface area (Å²) in [5.74, 6) is -0.421. The summed E-state index contributed by atoms with van der Waals surface area (Å²) < 4.78 is 5.29. The van der Waals surface area contributed by atoms with Crippen molar-refractivity contribution in [3.63, 3.8) is 0 Å². The summed E-state index contributed by atoms with van der Waals surface area (Å²) >= 11 is 0. The van der Waals surface area contributed by atoms with Gasteiger partial charge >= 0.3 is 6.09 Å². The number of amides is 2. The molecule has 1 fully saturated rings. The van der Waals surface area contributed by atoms with Gasteiger partial charge in [-0.1, -0.05) is 0 Å². The number of benzene rings is 1. The lowest BCUT2D eigenvalue weighted by Gasteiger charge is -2.31. The Balaban J connectivity index is 1.76. The van der Waals surface area contributed by atoms with Crippen molar-refractivity contribution in [1.82, 2.24) is 5.32 Å². The molecule has 1 aromatic rings. The number of hydrogen-bond acceptors (Lipinski definition) is 4. The molecule has 0 aromatic heterocycles. The molecular weight excluding hydrogens is 306 g/mol.